The summed E-state index contributed by atoms with van der Waals surface area (Å²) in [5, 5.41) is 17.9. The number of halogens is 1. The van der Waals surface area contributed by atoms with Gasteiger partial charge in [-0.2, -0.15) is 0 Å². The molecule has 0 saturated carbocycles. The molecule has 0 spiro atoms. The SMILES string of the molecule is Cc1nc(Sc2nc(Cl)nc(C)c2[N+](=O)[O-])n[nH]1. The fraction of sp³-hybridized carbons (Fsp3) is 0.250. The first kappa shape index (κ1) is 12.7. The molecule has 0 atom stereocenters. The molecular weight excluding hydrogens is 280 g/mol. The predicted molar refractivity (Wildman–Crippen MR) is 63.7 cm³/mol. The fourth-order valence-electron chi connectivity index (χ4n) is 1.24. The lowest BCUT2D eigenvalue weighted by molar-refractivity contribution is -0.389. The van der Waals surface area contributed by atoms with Crippen LogP contribution in [0.3, 0.4) is 0 Å². The van der Waals surface area contributed by atoms with Crippen LogP contribution in [0, 0.1) is 24.0 Å². The molecule has 1 N–H and O–H groups in total. The van der Waals surface area contributed by atoms with E-state index in [4.69, 9.17) is 11.6 Å². The van der Waals surface area contributed by atoms with Crippen LogP contribution in [0.5, 0.6) is 0 Å². The molecule has 94 valence electrons. The highest BCUT2D eigenvalue weighted by molar-refractivity contribution is 7.99. The van der Waals surface area contributed by atoms with Crippen molar-refractivity contribution in [2.24, 2.45) is 0 Å². The Morgan fingerprint density at radius 2 is 2.06 bits per heavy atom. The van der Waals surface area contributed by atoms with Gasteiger partial charge < -0.3 is 0 Å². The molecule has 0 fully saturated rings. The average Bonchev–Trinajstić information content (AvgIpc) is 2.62. The van der Waals surface area contributed by atoms with Crippen molar-refractivity contribution in [3.63, 3.8) is 0 Å². The van der Waals surface area contributed by atoms with Crippen LogP contribution in [0.25, 0.3) is 0 Å². The molecule has 2 rings (SSSR count). The maximum Gasteiger partial charge on any atom is 0.322 e. The van der Waals surface area contributed by atoms with Gasteiger partial charge in [0.15, 0.2) is 5.03 Å². The van der Waals surface area contributed by atoms with E-state index in [1.165, 1.54) is 6.92 Å². The van der Waals surface area contributed by atoms with Crippen molar-refractivity contribution >= 4 is 29.1 Å². The third-order valence-corrected chi connectivity index (χ3v) is 2.96. The lowest BCUT2D eigenvalue weighted by Crippen LogP contribution is -2.00. The molecule has 0 aliphatic carbocycles. The molecule has 2 aromatic heterocycles. The summed E-state index contributed by atoms with van der Waals surface area (Å²) in [7, 11) is 0. The molecule has 0 unspecified atom stereocenters. The number of hydrogen-bond acceptors (Lipinski definition) is 7. The van der Waals surface area contributed by atoms with Gasteiger partial charge in [-0.15, -0.1) is 5.10 Å². The molecule has 0 saturated heterocycles. The quantitative estimate of drug-likeness (QED) is 0.397. The molecular formula is C8H7ClN6O2S. The number of nitrogens with zero attached hydrogens (tertiary/aromatic N) is 5. The highest BCUT2D eigenvalue weighted by Crippen LogP contribution is 2.33. The molecule has 2 heterocycles. The Morgan fingerprint density at radius 1 is 1.33 bits per heavy atom. The second-order valence-electron chi connectivity index (χ2n) is 3.29. The number of hydrogen-bond donors (Lipinski definition) is 1. The van der Waals surface area contributed by atoms with Crippen LogP contribution in [0.1, 0.15) is 11.5 Å². The molecule has 0 amide bonds. The van der Waals surface area contributed by atoms with Gasteiger partial charge in [0, 0.05) is 0 Å². The smallest absolute Gasteiger partial charge is 0.262 e. The molecule has 0 radical (unpaired) electrons. The fourth-order valence-corrected chi connectivity index (χ4v) is 2.40. The van der Waals surface area contributed by atoms with Crippen LogP contribution >= 0.6 is 23.4 Å². The lowest BCUT2D eigenvalue weighted by Gasteiger charge is -2.01. The summed E-state index contributed by atoms with van der Waals surface area (Å²) in [5.74, 6) is 0.608. The zero-order valence-corrected chi connectivity index (χ0v) is 10.9. The van der Waals surface area contributed by atoms with Crippen LogP contribution in [0.15, 0.2) is 10.2 Å². The molecule has 8 nitrogen and oxygen atoms in total. The summed E-state index contributed by atoms with van der Waals surface area (Å²) >= 11 is 6.65. The summed E-state index contributed by atoms with van der Waals surface area (Å²) in [6.07, 6.45) is 0. The third-order valence-electron chi connectivity index (χ3n) is 1.95. The zero-order chi connectivity index (χ0) is 13.3. The highest BCUT2D eigenvalue weighted by atomic mass is 35.5. The van der Waals surface area contributed by atoms with Crippen molar-refractivity contribution in [1.29, 1.82) is 0 Å². The highest BCUT2D eigenvalue weighted by Gasteiger charge is 2.23. The molecule has 0 aromatic carbocycles. The van der Waals surface area contributed by atoms with Crippen molar-refractivity contribution in [2.75, 3.05) is 0 Å². The van der Waals surface area contributed by atoms with Crippen molar-refractivity contribution in [3.8, 4) is 0 Å². The Kier molecular flexibility index (Phi) is 3.43. The summed E-state index contributed by atoms with van der Waals surface area (Å²) in [4.78, 5) is 22.1. The Morgan fingerprint density at radius 3 is 2.61 bits per heavy atom. The van der Waals surface area contributed by atoms with Gasteiger partial charge in [0.25, 0.3) is 0 Å². The first-order valence-corrected chi connectivity index (χ1v) is 5.92. The van der Waals surface area contributed by atoms with E-state index in [2.05, 4.69) is 25.1 Å². The van der Waals surface area contributed by atoms with Gasteiger partial charge in [0.2, 0.25) is 10.4 Å². The molecule has 0 bridgehead atoms. The summed E-state index contributed by atoms with van der Waals surface area (Å²) in [6.45, 7) is 3.22. The zero-order valence-electron chi connectivity index (χ0n) is 9.34. The second kappa shape index (κ2) is 4.86. The minimum absolute atomic E-state index is 0.0483. The molecule has 2 aromatic rings. The number of H-pyrrole nitrogens is 1. The van der Waals surface area contributed by atoms with E-state index in [9.17, 15) is 10.1 Å². The Hall–Kier alpha value is -1.74. The van der Waals surface area contributed by atoms with E-state index in [0.29, 0.717) is 11.0 Å². The van der Waals surface area contributed by atoms with Crippen LogP contribution in [0.2, 0.25) is 5.28 Å². The maximum absolute atomic E-state index is 11.0. The Bertz CT molecular complexity index is 616. The molecule has 0 aliphatic rings. The number of aromatic amines is 1. The van der Waals surface area contributed by atoms with Crippen molar-refractivity contribution in [3.05, 3.63) is 26.9 Å². The second-order valence-corrected chi connectivity index (χ2v) is 4.59. The first-order chi connectivity index (χ1) is 8.47. The van der Waals surface area contributed by atoms with E-state index < -0.39 is 4.92 Å². The Labute approximate surface area is 110 Å². The number of aromatic nitrogens is 5. The largest absolute Gasteiger partial charge is 0.322 e. The molecule has 0 aliphatic heterocycles. The van der Waals surface area contributed by atoms with Crippen LogP contribution < -0.4 is 0 Å². The van der Waals surface area contributed by atoms with Crippen LogP contribution in [-0.4, -0.2) is 30.1 Å². The van der Waals surface area contributed by atoms with Gasteiger partial charge in [0.1, 0.15) is 11.5 Å². The van der Waals surface area contributed by atoms with Crippen LogP contribution in [-0.2, 0) is 0 Å². The van der Waals surface area contributed by atoms with Crippen molar-refractivity contribution in [1.82, 2.24) is 25.1 Å². The third kappa shape index (κ3) is 2.57. The van der Waals surface area contributed by atoms with E-state index in [-0.39, 0.29) is 21.7 Å². The normalized spacial score (nSPS) is 10.6. The Balaban J connectivity index is 2.45. The number of aryl methyl sites for hydroxylation is 2. The van der Waals surface area contributed by atoms with Crippen molar-refractivity contribution in [2.45, 2.75) is 24.0 Å². The predicted octanol–water partition coefficient (Wildman–Crippen LogP) is 1.92. The van der Waals surface area contributed by atoms with Gasteiger partial charge in [-0.25, -0.2) is 15.0 Å². The van der Waals surface area contributed by atoms with E-state index in [1.807, 2.05) is 0 Å². The summed E-state index contributed by atoms with van der Waals surface area (Å²) in [5.41, 5.74) is 0.0154. The van der Waals surface area contributed by atoms with Gasteiger partial charge in [-0.3, -0.25) is 15.2 Å². The van der Waals surface area contributed by atoms with Gasteiger partial charge >= 0.3 is 5.69 Å². The minimum Gasteiger partial charge on any atom is -0.262 e. The number of rotatable bonds is 3. The maximum atomic E-state index is 11.0. The summed E-state index contributed by atoms with van der Waals surface area (Å²) < 4.78 is 0. The van der Waals surface area contributed by atoms with Crippen molar-refractivity contribution < 1.29 is 4.92 Å². The van der Waals surface area contributed by atoms with Crippen LogP contribution in [0.4, 0.5) is 5.69 Å². The molecule has 10 heteroatoms. The van der Waals surface area contributed by atoms with Gasteiger partial charge in [0.05, 0.1) is 4.92 Å². The first-order valence-electron chi connectivity index (χ1n) is 4.72. The standard InChI is InChI=1S/C8H7ClN6O2S/c1-3-5(15(16)17)6(12-7(9)10-3)18-8-11-4(2)13-14-8/h1-2H3,(H,11,13,14). The number of nitrogens with one attached hydrogen (secondary N) is 1. The van der Waals surface area contributed by atoms with E-state index >= 15 is 0 Å². The lowest BCUT2D eigenvalue weighted by atomic mass is 10.4. The average molecular weight is 287 g/mol. The van der Waals surface area contributed by atoms with Gasteiger partial charge in [-0.05, 0) is 37.2 Å². The van der Waals surface area contributed by atoms with Gasteiger partial charge in [-0.1, -0.05) is 0 Å². The topological polar surface area (TPSA) is 110 Å². The summed E-state index contributed by atoms with van der Waals surface area (Å²) in [6, 6.07) is 0. The minimum atomic E-state index is -0.548. The molecule has 18 heavy (non-hydrogen) atoms. The van der Waals surface area contributed by atoms with E-state index in [1.54, 1.807) is 6.92 Å². The number of nitro groups is 1. The monoisotopic (exact) mass is 286 g/mol. The van der Waals surface area contributed by atoms with E-state index in [0.717, 1.165) is 11.8 Å².